The van der Waals surface area contributed by atoms with Crippen LogP contribution < -0.4 is 5.32 Å². The Morgan fingerprint density at radius 1 is 1.24 bits per heavy atom. The van der Waals surface area contributed by atoms with Crippen LogP contribution in [0.1, 0.15) is 31.2 Å². The van der Waals surface area contributed by atoms with Crippen LogP contribution >= 0.6 is 0 Å². The number of imidazole rings is 1. The molecule has 0 saturated heterocycles. The maximum absolute atomic E-state index is 13.0. The van der Waals surface area contributed by atoms with Crippen molar-refractivity contribution in [3.05, 3.63) is 59.9 Å². The Morgan fingerprint density at radius 3 is 2.76 bits per heavy atom. The fourth-order valence-corrected chi connectivity index (χ4v) is 3.39. The molecule has 128 valence electrons. The van der Waals surface area contributed by atoms with Gasteiger partial charge < -0.3 is 4.57 Å². The molecule has 2 atom stereocenters. The lowest BCUT2D eigenvalue weighted by Crippen LogP contribution is -2.18. The molecule has 2 unspecified atom stereocenters. The van der Waals surface area contributed by atoms with Gasteiger partial charge in [-0.1, -0.05) is 31.2 Å². The summed E-state index contributed by atoms with van der Waals surface area (Å²) in [5, 5.41) is 3.00. The van der Waals surface area contributed by atoms with Crippen molar-refractivity contribution < 1.29 is 9.18 Å². The molecule has 1 heterocycles. The fraction of sp³-hybridized carbons (Fsp3) is 0.300. The van der Waals surface area contributed by atoms with Gasteiger partial charge in [0, 0.05) is 12.5 Å². The number of halogens is 1. The van der Waals surface area contributed by atoms with E-state index in [1.54, 1.807) is 12.1 Å². The predicted octanol–water partition coefficient (Wildman–Crippen LogP) is 4.33. The number of hydrogen-bond donors (Lipinski definition) is 1. The Hall–Kier alpha value is -2.69. The van der Waals surface area contributed by atoms with Crippen LogP contribution in [-0.2, 0) is 11.3 Å². The molecule has 1 aliphatic carbocycles. The molecule has 4 nitrogen and oxygen atoms in total. The largest absolute Gasteiger partial charge is 0.310 e. The van der Waals surface area contributed by atoms with Crippen LogP contribution in [0.4, 0.5) is 10.3 Å². The Bertz CT molecular complexity index is 916. The van der Waals surface area contributed by atoms with Crippen molar-refractivity contribution in [3.63, 3.8) is 0 Å². The second kappa shape index (κ2) is 6.31. The van der Waals surface area contributed by atoms with E-state index < -0.39 is 0 Å². The molecule has 3 aromatic rings. The zero-order valence-corrected chi connectivity index (χ0v) is 14.1. The highest BCUT2D eigenvalue weighted by Crippen LogP contribution is 2.48. The summed E-state index contributed by atoms with van der Waals surface area (Å²) in [6.45, 7) is 2.91. The quantitative estimate of drug-likeness (QED) is 0.753. The van der Waals surface area contributed by atoms with Crippen LogP contribution in [0, 0.1) is 11.7 Å². The third kappa shape index (κ3) is 3.02. The first-order valence-electron chi connectivity index (χ1n) is 8.69. The van der Waals surface area contributed by atoms with E-state index >= 15 is 0 Å². The number of fused-ring (bicyclic) bond motifs is 1. The number of nitrogens with one attached hydrogen (secondary N) is 1. The van der Waals surface area contributed by atoms with Crippen LogP contribution in [0.25, 0.3) is 11.0 Å². The lowest BCUT2D eigenvalue weighted by molar-refractivity contribution is -0.117. The van der Waals surface area contributed by atoms with Gasteiger partial charge in [0.1, 0.15) is 5.82 Å². The highest BCUT2D eigenvalue weighted by molar-refractivity contribution is 5.95. The van der Waals surface area contributed by atoms with Crippen molar-refractivity contribution in [1.29, 1.82) is 0 Å². The summed E-state index contributed by atoms with van der Waals surface area (Å²) in [7, 11) is 0. The summed E-state index contributed by atoms with van der Waals surface area (Å²) in [5.41, 5.74) is 2.94. The van der Waals surface area contributed by atoms with E-state index in [0.717, 1.165) is 36.0 Å². The third-order valence-electron chi connectivity index (χ3n) is 4.76. The van der Waals surface area contributed by atoms with Crippen LogP contribution in [0.3, 0.4) is 0 Å². The van der Waals surface area contributed by atoms with Gasteiger partial charge in [0.2, 0.25) is 11.9 Å². The molecule has 1 N–H and O–H groups in total. The van der Waals surface area contributed by atoms with E-state index in [-0.39, 0.29) is 23.6 Å². The third-order valence-corrected chi connectivity index (χ3v) is 4.76. The molecule has 0 spiro atoms. The van der Waals surface area contributed by atoms with Gasteiger partial charge in [-0.3, -0.25) is 10.1 Å². The number of carbonyl (C=O) groups is 1. The standard InChI is InChI=1S/C20H20FN3O/c1-2-11-24-18-6-4-3-5-17(18)22-20(24)23-19(25)16-12-15(16)13-7-9-14(21)10-8-13/h3-10,15-16H,2,11-12H2,1H3,(H,22,23,25). The number of amides is 1. The first-order chi connectivity index (χ1) is 12.2. The Balaban J connectivity index is 1.53. The second-order valence-corrected chi connectivity index (χ2v) is 6.57. The topological polar surface area (TPSA) is 46.9 Å². The number of aryl methyl sites for hydroxylation is 1. The number of nitrogens with zero attached hydrogens (tertiary/aromatic N) is 2. The van der Waals surface area contributed by atoms with Gasteiger partial charge in [-0.25, -0.2) is 9.37 Å². The highest BCUT2D eigenvalue weighted by Gasteiger charge is 2.44. The summed E-state index contributed by atoms with van der Waals surface area (Å²) >= 11 is 0. The average molecular weight is 337 g/mol. The summed E-state index contributed by atoms with van der Waals surface area (Å²) in [4.78, 5) is 17.2. The molecule has 0 radical (unpaired) electrons. The lowest BCUT2D eigenvalue weighted by Gasteiger charge is -2.09. The summed E-state index contributed by atoms with van der Waals surface area (Å²) in [5.74, 6) is 0.448. The lowest BCUT2D eigenvalue weighted by atomic mass is 10.1. The molecule has 0 bridgehead atoms. The summed E-state index contributed by atoms with van der Waals surface area (Å²) in [6, 6.07) is 14.3. The maximum Gasteiger partial charge on any atom is 0.230 e. The first kappa shape index (κ1) is 15.8. The molecule has 1 amide bonds. The van der Waals surface area contributed by atoms with Gasteiger partial charge in [-0.05, 0) is 48.6 Å². The van der Waals surface area contributed by atoms with E-state index in [1.807, 2.05) is 24.3 Å². The molecule has 1 fully saturated rings. The molecule has 0 aliphatic heterocycles. The second-order valence-electron chi connectivity index (χ2n) is 6.57. The molecule has 1 aromatic heterocycles. The molecule has 25 heavy (non-hydrogen) atoms. The van der Waals surface area contributed by atoms with Crippen molar-refractivity contribution in [3.8, 4) is 0 Å². The van der Waals surface area contributed by atoms with Crippen molar-refractivity contribution >= 4 is 22.9 Å². The maximum atomic E-state index is 13.0. The van der Waals surface area contributed by atoms with Crippen molar-refractivity contribution in [1.82, 2.24) is 9.55 Å². The average Bonchev–Trinajstić information content (AvgIpc) is 3.35. The highest BCUT2D eigenvalue weighted by atomic mass is 19.1. The number of rotatable bonds is 5. The number of aromatic nitrogens is 2. The minimum atomic E-state index is -0.251. The number of hydrogen-bond acceptors (Lipinski definition) is 2. The summed E-state index contributed by atoms with van der Waals surface area (Å²) < 4.78 is 15.1. The Morgan fingerprint density at radius 2 is 2.00 bits per heavy atom. The zero-order valence-electron chi connectivity index (χ0n) is 14.1. The van der Waals surface area contributed by atoms with Crippen LogP contribution in [0.5, 0.6) is 0 Å². The number of carbonyl (C=O) groups excluding carboxylic acids is 1. The van der Waals surface area contributed by atoms with Crippen LogP contribution in [0.2, 0.25) is 0 Å². The Kier molecular flexibility index (Phi) is 3.99. The van der Waals surface area contributed by atoms with Gasteiger partial charge in [-0.15, -0.1) is 0 Å². The monoisotopic (exact) mass is 337 g/mol. The number of benzene rings is 2. The van der Waals surface area contributed by atoms with Gasteiger partial charge in [0.25, 0.3) is 0 Å². The van der Waals surface area contributed by atoms with E-state index in [9.17, 15) is 9.18 Å². The van der Waals surface area contributed by atoms with Gasteiger partial charge in [-0.2, -0.15) is 0 Å². The number of para-hydroxylation sites is 2. The Labute approximate surface area is 145 Å². The van der Waals surface area contributed by atoms with E-state index in [1.165, 1.54) is 12.1 Å². The number of anilines is 1. The predicted molar refractivity (Wildman–Crippen MR) is 95.9 cm³/mol. The van der Waals surface area contributed by atoms with Crippen molar-refractivity contribution in [2.45, 2.75) is 32.2 Å². The molecule has 1 saturated carbocycles. The zero-order chi connectivity index (χ0) is 17.4. The van der Waals surface area contributed by atoms with Gasteiger partial charge >= 0.3 is 0 Å². The minimum absolute atomic E-state index is 0.0121. The van der Waals surface area contributed by atoms with Gasteiger partial charge in [0.15, 0.2) is 0 Å². The normalized spacial score (nSPS) is 19.1. The smallest absolute Gasteiger partial charge is 0.230 e. The fourth-order valence-electron chi connectivity index (χ4n) is 3.39. The molecule has 5 heteroatoms. The van der Waals surface area contributed by atoms with Crippen molar-refractivity contribution in [2.75, 3.05) is 5.32 Å². The molecule has 2 aromatic carbocycles. The van der Waals surface area contributed by atoms with E-state index in [2.05, 4.69) is 21.8 Å². The molecular formula is C20H20FN3O. The summed E-state index contributed by atoms with van der Waals surface area (Å²) in [6.07, 6.45) is 1.76. The first-order valence-corrected chi connectivity index (χ1v) is 8.69. The molecule has 4 rings (SSSR count). The van der Waals surface area contributed by atoms with Crippen LogP contribution in [0.15, 0.2) is 48.5 Å². The van der Waals surface area contributed by atoms with E-state index in [0.29, 0.717) is 5.95 Å². The van der Waals surface area contributed by atoms with Crippen LogP contribution in [-0.4, -0.2) is 15.5 Å². The molecular weight excluding hydrogens is 317 g/mol. The van der Waals surface area contributed by atoms with Crippen molar-refractivity contribution in [2.24, 2.45) is 5.92 Å². The minimum Gasteiger partial charge on any atom is -0.310 e. The van der Waals surface area contributed by atoms with E-state index in [4.69, 9.17) is 0 Å². The molecule has 1 aliphatic rings. The van der Waals surface area contributed by atoms with Gasteiger partial charge in [0.05, 0.1) is 11.0 Å². The SMILES string of the molecule is CCCn1c(NC(=O)C2CC2c2ccc(F)cc2)nc2ccccc21.